The normalized spacial score (nSPS) is 26.2. The second-order valence-electron chi connectivity index (χ2n) is 6.68. The molecule has 1 rings (SSSR count). The largest absolute Gasteiger partial charge is 0.303 e. The van der Waals surface area contributed by atoms with E-state index < -0.39 is 0 Å². The van der Waals surface area contributed by atoms with Gasteiger partial charge in [0.2, 0.25) is 0 Å². The number of nitrogens with one attached hydrogen (secondary N) is 1. The molecule has 0 radical (unpaired) electrons. The molecule has 1 N–H and O–H groups in total. The summed E-state index contributed by atoms with van der Waals surface area (Å²) in [5.41, 5.74) is -0.370. The van der Waals surface area contributed by atoms with Crippen LogP contribution in [-0.2, 0) is 0 Å². The topological polar surface area (TPSA) is 39.1 Å². The Morgan fingerprint density at radius 1 is 1.25 bits per heavy atom. The molecule has 0 aliphatic heterocycles. The van der Waals surface area contributed by atoms with Gasteiger partial charge in [0.25, 0.3) is 0 Å². The van der Waals surface area contributed by atoms with Crippen LogP contribution in [0.25, 0.3) is 0 Å². The molecule has 0 aromatic heterocycles. The van der Waals surface area contributed by atoms with Crippen LogP contribution in [0.15, 0.2) is 0 Å². The third kappa shape index (κ3) is 5.42. The Bertz CT molecular complexity index is 302. The molecule has 0 heterocycles. The fraction of sp³-hybridized carbons (Fsp3) is 0.941. The van der Waals surface area contributed by atoms with E-state index in [1.165, 1.54) is 32.1 Å². The highest BCUT2D eigenvalue weighted by atomic mass is 15.1. The Hall–Kier alpha value is -0.590. The average Bonchev–Trinajstić information content (AvgIpc) is 2.50. The van der Waals surface area contributed by atoms with Crippen molar-refractivity contribution in [3.8, 4) is 6.07 Å². The second-order valence-corrected chi connectivity index (χ2v) is 6.68. The third-order valence-electron chi connectivity index (χ3n) is 4.99. The van der Waals surface area contributed by atoms with Crippen molar-refractivity contribution in [2.75, 3.05) is 20.1 Å². The molecule has 0 bridgehead atoms. The van der Waals surface area contributed by atoms with E-state index in [1.807, 2.05) is 6.92 Å². The first-order valence-corrected chi connectivity index (χ1v) is 8.41. The maximum Gasteiger partial charge on any atom is 0.105 e. The quantitative estimate of drug-likeness (QED) is 0.738. The summed E-state index contributed by atoms with van der Waals surface area (Å²) < 4.78 is 0. The van der Waals surface area contributed by atoms with E-state index in [2.05, 4.69) is 37.2 Å². The number of nitriles is 1. The molecule has 1 atom stereocenters. The number of hydrogen-bond donors (Lipinski definition) is 1. The zero-order chi connectivity index (χ0) is 15.0. The lowest BCUT2D eigenvalue weighted by Crippen LogP contribution is -2.45. The van der Waals surface area contributed by atoms with Crippen molar-refractivity contribution in [3.05, 3.63) is 0 Å². The molecule has 1 aliphatic carbocycles. The summed E-state index contributed by atoms with van der Waals surface area (Å²) in [5.74, 6) is 0.954. The molecule has 1 aliphatic rings. The van der Waals surface area contributed by atoms with E-state index >= 15 is 0 Å². The van der Waals surface area contributed by atoms with E-state index in [9.17, 15) is 5.26 Å². The van der Waals surface area contributed by atoms with Gasteiger partial charge in [0, 0.05) is 12.6 Å². The Kier molecular flexibility index (Phi) is 7.55. The molecule has 0 saturated heterocycles. The van der Waals surface area contributed by atoms with Gasteiger partial charge in [-0.25, -0.2) is 0 Å². The summed E-state index contributed by atoms with van der Waals surface area (Å²) in [4.78, 5) is 2.48. The predicted molar refractivity (Wildman–Crippen MR) is 85.6 cm³/mol. The van der Waals surface area contributed by atoms with Crippen LogP contribution < -0.4 is 5.32 Å². The molecule has 1 saturated carbocycles. The van der Waals surface area contributed by atoms with Crippen molar-refractivity contribution in [1.82, 2.24) is 10.2 Å². The Morgan fingerprint density at radius 3 is 2.40 bits per heavy atom. The van der Waals surface area contributed by atoms with Crippen LogP contribution in [0.2, 0.25) is 0 Å². The van der Waals surface area contributed by atoms with E-state index in [4.69, 9.17) is 0 Å². The van der Waals surface area contributed by atoms with Gasteiger partial charge >= 0.3 is 0 Å². The first-order valence-electron chi connectivity index (χ1n) is 8.41. The van der Waals surface area contributed by atoms with Crippen LogP contribution in [0.4, 0.5) is 0 Å². The molecule has 116 valence electrons. The highest BCUT2D eigenvalue weighted by Crippen LogP contribution is 2.29. The molecule has 1 unspecified atom stereocenters. The first-order chi connectivity index (χ1) is 9.54. The number of rotatable bonds is 8. The van der Waals surface area contributed by atoms with Crippen molar-refractivity contribution < 1.29 is 0 Å². The third-order valence-corrected chi connectivity index (χ3v) is 4.99. The summed E-state index contributed by atoms with van der Waals surface area (Å²) >= 11 is 0. The highest BCUT2D eigenvalue weighted by Gasteiger charge is 2.26. The molecule has 0 aromatic rings. The fourth-order valence-electron chi connectivity index (χ4n) is 3.16. The van der Waals surface area contributed by atoms with Crippen LogP contribution in [-0.4, -0.2) is 36.6 Å². The van der Waals surface area contributed by atoms with Gasteiger partial charge in [-0.3, -0.25) is 5.32 Å². The van der Waals surface area contributed by atoms with Crippen LogP contribution >= 0.6 is 0 Å². The van der Waals surface area contributed by atoms with E-state index in [0.717, 1.165) is 37.9 Å². The second kappa shape index (κ2) is 8.64. The zero-order valence-electron chi connectivity index (χ0n) is 13.9. The highest BCUT2D eigenvalue weighted by molar-refractivity contribution is 5.04. The maximum atomic E-state index is 9.37. The predicted octanol–water partition coefficient (Wildman–Crippen LogP) is 3.56. The molecular formula is C17H33N3. The molecule has 0 amide bonds. The number of nitrogens with zero attached hydrogens (tertiary/aromatic N) is 2. The molecule has 1 fully saturated rings. The first kappa shape index (κ1) is 17.5. The van der Waals surface area contributed by atoms with Crippen molar-refractivity contribution in [1.29, 1.82) is 5.26 Å². The lowest BCUT2D eigenvalue weighted by atomic mass is 9.84. The van der Waals surface area contributed by atoms with E-state index in [0.29, 0.717) is 0 Å². The van der Waals surface area contributed by atoms with Gasteiger partial charge in [-0.05, 0) is 65.0 Å². The molecular weight excluding hydrogens is 246 g/mol. The lowest BCUT2D eigenvalue weighted by Gasteiger charge is -2.36. The van der Waals surface area contributed by atoms with Crippen LogP contribution in [0.3, 0.4) is 0 Å². The number of hydrogen-bond acceptors (Lipinski definition) is 3. The van der Waals surface area contributed by atoms with Crippen LogP contribution in [0.5, 0.6) is 0 Å². The van der Waals surface area contributed by atoms with Gasteiger partial charge in [0.15, 0.2) is 0 Å². The van der Waals surface area contributed by atoms with Gasteiger partial charge in [-0.2, -0.15) is 5.26 Å². The van der Waals surface area contributed by atoms with Gasteiger partial charge in [0.05, 0.1) is 6.07 Å². The van der Waals surface area contributed by atoms with E-state index in [1.54, 1.807) is 0 Å². The summed E-state index contributed by atoms with van der Waals surface area (Å²) in [7, 11) is 2.23. The molecule has 0 spiro atoms. The fourth-order valence-corrected chi connectivity index (χ4v) is 3.16. The van der Waals surface area contributed by atoms with Crippen molar-refractivity contribution in [3.63, 3.8) is 0 Å². The maximum absolute atomic E-state index is 9.37. The molecule has 20 heavy (non-hydrogen) atoms. The SMILES string of the molecule is CCCNC(C)(C#N)CCN(C)C1CCC(CC)CC1. The average molecular weight is 279 g/mol. The van der Waals surface area contributed by atoms with Gasteiger partial charge < -0.3 is 4.90 Å². The minimum Gasteiger partial charge on any atom is -0.303 e. The standard InChI is InChI=1S/C17H33N3/c1-5-12-19-17(3,14-18)11-13-20(4)16-9-7-15(6-2)8-10-16/h15-16,19H,5-13H2,1-4H3. The van der Waals surface area contributed by atoms with E-state index in [-0.39, 0.29) is 5.54 Å². The van der Waals surface area contributed by atoms with Crippen molar-refractivity contribution in [2.45, 2.75) is 77.3 Å². The minimum atomic E-state index is -0.370. The Balaban J connectivity index is 2.35. The Morgan fingerprint density at radius 2 is 1.90 bits per heavy atom. The summed E-state index contributed by atoms with van der Waals surface area (Å²) in [5, 5.41) is 12.8. The summed E-state index contributed by atoms with van der Waals surface area (Å²) in [6, 6.07) is 3.18. The molecule has 3 nitrogen and oxygen atoms in total. The summed E-state index contributed by atoms with van der Waals surface area (Å²) in [6.45, 7) is 8.43. The lowest BCUT2D eigenvalue weighted by molar-refractivity contribution is 0.154. The van der Waals surface area contributed by atoms with Gasteiger partial charge in [-0.15, -0.1) is 0 Å². The smallest absolute Gasteiger partial charge is 0.105 e. The monoisotopic (exact) mass is 279 g/mol. The zero-order valence-corrected chi connectivity index (χ0v) is 13.9. The van der Waals surface area contributed by atoms with Crippen molar-refractivity contribution >= 4 is 0 Å². The summed E-state index contributed by atoms with van der Waals surface area (Å²) in [6.07, 6.45) is 8.76. The van der Waals surface area contributed by atoms with Gasteiger partial charge in [0.1, 0.15) is 5.54 Å². The van der Waals surface area contributed by atoms with Crippen molar-refractivity contribution in [2.24, 2.45) is 5.92 Å². The molecule has 3 heteroatoms. The minimum absolute atomic E-state index is 0.370. The van der Waals surface area contributed by atoms with Crippen LogP contribution in [0.1, 0.15) is 65.7 Å². The molecule has 0 aromatic carbocycles. The Labute approximate surface area is 125 Å². The van der Waals surface area contributed by atoms with Crippen LogP contribution in [0, 0.1) is 17.2 Å². The van der Waals surface area contributed by atoms with Gasteiger partial charge in [-0.1, -0.05) is 20.3 Å².